The van der Waals surface area contributed by atoms with Crippen molar-refractivity contribution in [2.24, 2.45) is 11.8 Å². The molecule has 20 heavy (non-hydrogen) atoms. The standard InChI is InChI=1S/C16H26O4/c1-3-4-11(2)13(17)20-16-7-12-5-14(18,9-16)8-15(19,6-12)10-16/h11-12,18-19H,3-10H2,1-2H3. The number of aliphatic hydroxyl groups is 2. The molecule has 4 fully saturated rings. The molecular formula is C16H26O4. The van der Waals surface area contributed by atoms with Crippen molar-refractivity contribution in [1.82, 2.24) is 0 Å². The molecule has 0 aliphatic heterocycles. The molecular weight excluding hydrogens is 256 g/mol. The van der Waals surface area contributed by atoms with Gasteiger partial charge < -0.3 is 14.9 Å². The first kappa shape index (κ1) is 14.3. The number of esters is 1. The Morgan fingerprint density at radius 1 is 1.20 bits per heavy atom. The Balaban J connectivity index is 1.77. The summed E-state index contributed by atoms with van der Waals surface area (Å²) in [5, 5.41) is 21.3. The second kappa shape index (κ2) is 4.44. The van der Waals surface area contributed by atoms with Crippen molar-refractivity contribution in [3.05, 3.63) is 0 Å². The third-order valence-corrected chi connectivity index (χ3v) is 5.40. The molecule has 4 nitrogen and oxygen atoms in total. The van der Waals surface area contributed by atoms with Crippen molar-refractivity contribution >= 4 is 5.97 Å². The minimum Gasteiger partial charge on any atom is -0.459 e. The van der Waals surface area contributed by atoms with Gasteiger partial charge in [0.25, 0.3) is 0 Å². The van der Waals surface area contributed by atoms with Crippen molar-refractivity contribution in [2.45, 2.75) is 82.0 Å². The second-order valence-electron chi connectivity index (χ2n) is 7.75. The number of rotatable bonds is 4. The van der Waals surface area contributed by atoms with Gasteiger partial charge in [-0.2, -0.15) is 0 Å². The maximum absolute atomic E-state index is 12.2. The fraction of sp³-hybridized carbons (Fsp3) is 0.938. The van der Waals surface area contributed by atoms with Gasteiger partial charge in [0.1, 0.15) is 5.60 Å². The molecule has 2 N–H and O–H groups in total. The number of carbonyl (C=O) groups excluding carboxylic acids is 1. The van der Waals surface area contributed by atoms with Crippen LogP contribution in [0.4, 0.5) is 0 Å². The van der Waals surface area contributed by atoms with Gasteiger partial charge in [-0.25, -0.2) is 0 Å². The topological polar surface area (TPSA) is 66.8 Å². The summed E-state index contributed by atoms with van der Waals surface area (Å²) in [5.74, 6) is 0.0221. The molecule has 0 aromatic carbocycles. The van der Waals surface area contributed by atoms with Crippen LogP contribution in [-0.4, -0.2) is 33.0 Å². The maximum Gasteiger partial charge on any atom is 0.309 e. The van der Waals surface area contributed by atoms with Crippen LogP contribution < -0.4 is 0 Å². The predicted octanol–water partition coefficient (Wildman–Crippen LogP) is 2.16. The van der Waals surface area contributed by atoms with E-state index in [0.717, 1.165) is 32.1 Å². The highest BCUT2D eigenvalue weighted by Gasteiger charge is 2.64. The highest BCUT2D eigenvalue weighted by Crippen LogP contribution is 2.60. The average molecular weight is 282 g/mol. The van der Waals surface area contributed by atoms with Gasteiger partial charge in [-0.05, 0) is 31.6 Å². The van der Waals surface area contributed by atoms with E-state index < -0.39 is 16.8 Å². The van der Waals surface area contributed by atoms with E-state index in [1.165, 1.54) is 0 Å². The van der Waals surface area contributed by atoms with Gasteiger partial charge >= 0.3 is 5.97 Å². The molecule has 3 unspecified atom stereocenters. The van der Waals surface area contributed by atoms with Gasteiger partial charge in [-0.3, -0.25) is 4.79 Å². The smallest absolute Gasteiger partial charge is 0.309 e. The van der Waals surface area contributed by atoms with Crippen LogP contribution in [0.15, 0.2) is 0 Å². The Bertz CT molecular complexity index is 401. The van der Waals surface area contributed by atoms with E-state index in [1.807, 2.05) is 6.92 Å². The van der Waals surface area contributed by atoms with Gasteiger partial charge in [-0.15, -0.1) is 0 Å². The highest BCUT2D eigenvalue weighted by atomic mass is 16.6. The molecule has 0 amide bonds. The third kappa shape index (κ3) is 2.37. The molecule has 0 radical (unpaired) electrons. The molecule has 0 spiro atoms. The summed E-state index contributed by atoms with van der Waals surface area (Å²) in [6.45, 7) is 3.95. The Kier molecular flexibility index (Phi) is 3.18. The molecule has 0 heterocycles. The van der Waals surface area contributed by atoms with Crippen LogP contribution in [0.5, 0.6) is 0 Å². The fourth-order valence-corrected chi connectivity index (χ4v) is 5.23. The zero-order chi connectivity index (χ0) is 14.6. The van der Waals surface area contributed by atoms with Crippen molar-refractivity contribution < 1.29 is 19.7 Å². The summed E-state index contributed by atoms with van der Waals surface area (Å²) >= 11 is 0. The summed E-state index contributed by atoms with van der Waals surface area (Å²) in [6.07, 6.45) is 5.54. The minimum absolute atomic E-state index is 0.0997. The lowest BCUT2D eigenvalue weighted by Gasteiger charge is -2.62. The first-order valence-electron chi connectivity index (χ1n) is 7.95. The number of hydrogen-bond acceptors (Lipinski definition) is 4. The van der Waals surface area contributed by atoms with Crippen LogP contribution in [-0.2, 0) is 9.53 Å². The zero-order valence-electron chi connectivity index (χ0n) is 12.5. The summed E-state index contributed by atoms with van der Waals surface area (Å²) in [6, 6.07) is 0. The van der Waals surface area contributed by atoms with Gasteiger partial charge in [0.05, 0.1) is 17.1 Å². The fourth-order valence-electron chi connectivity index (χ4n) is 5.23. The van der Waals surface area contributed by atoms with Crippen molar-refractivity contribution in [1.29, 1.82) is 0 Å². The average Bonchev–Trinajstić information content (AvgIpc) is 2.23. The monoisotopic (exact) mass is 282 g/mol. The maximum atomic E-state index is 12.2. The predicted molar refractivity (Wildman–Crippen MR) is 74.0 cm³/mol. The van der Waals surface area contributed by atoms with Crippen molar-refractivity contribution in [3.8, 4) is 0 Å². The molecule has 114 valence electrons. The van der Waals surface area contributed by atoms with Gasteiger partial charge in [-0.1, -0.05) is 20.3 Å². The van der Waals surface area contributed by atoms with Crippen LogP contribution in [0.2, 0.25) is 0 Å². The SMILES string of the molecule is CCCC(C)C(=O)OC12CC3CC(O)(CC(O)(C3)C1)C2. The Hall–Kier alpha value is -0.610. The van der Waals surface area contributed by atoms with Crippen LogP contribution in [0.1, 0.15) is 65.2 Å². The van der Waals surface area contributed by atoms with Gasteiger partial charge in [0.2, 0.25) is 0 Å². The van der Waals surface area contributed by atoms with E-state index in [4.69, 9.17) is 4.74 Å². The van der Waals surface area contributed by atoms with E-state index in [1.54, 1.807) is 0 Å². The minimum atomic E-state index is -0.831. The first-order chi connectivity index (χ1) is 9.27. The number of carbonyl (C=O) groups is 1. The molecule has 4 saturated carbocycles. The molecule has 4 bridgehead atoms. The summed E-state index contributed by atoms with van der Waals surface area (Å²) in [4.78, 5) is 12.2. The molecule has 4 aliphatic carbocycles. The Morgan fingerprint density at radius 2 is 1.80 bits per heavy atom. The lowest BCUT2D eigenvalue weighted by atomic mass is 9.50. The van der Waals surface area contributed by atoms with E-state index in [9.17, 15) is 15.0 Å². The number of ether oxygens (including phenoxy) is 1. The highest BCUT2D eigenvalue weighted by molar-refractivity contribution is 5.72. The molecule has 3 atom stereocenters. The zero-order valence-corrected chi connectivity index (χ0v) is 12.5. The quantitative estimate of drug-likeness (QED) is 0.775. The largest absolute Gasteiger partial charge is 0.459 e. The van der Waals surface area contributed by atoms with E-state index in [2.05, 4.69) is 6.92 Å². The Labute approximate surface area is 120 Å². The van der Waals surface area contributed by atoms with Crippen molar-refractivity contribution in [2.75, 3.05) is 0 Å². The normalized spacial score (nSPS) is 47.3. The Morgan fingerprint density at radius 3 is 2.30 bits per heavy atom. The van der Waals surface area contributed by atoms with Crippen LogP contribution in [0.25, 0.3) is 0 Å². The molecule has 4 rings (SSSR count). The summed E-state index contributed by atoms with van der Waals surface area (Å²) < 4.78 is 5.84. The van der Waals surface area contributed by atoms with Crippen molar-refractivity contribution in [3.63, 3.8) is 0 Å². The van der Waals surface area contributed by atoms with E-state index >= 15 is 0 Å². The first-order valence-corrected chi connectivity index (χ1v) is 7.95. The number of hydrogen-bond donors (Lipinski definition) is 2. The summed E-state index contributed by atoms with van der Waals surface area (Å²) in [7, 11) is 0. The summed E-state index contributed by atoms with van der Waals surface area (Å²) in [5.41, 5.74) is -2.28. The molecule has 0 aromatic heterocycles. The lowest BCUT2D eigenvalue weighted by Crippen LogP contribution is -2.67. The van der Waals surface area contributed by atoms with Crippen LogP contribution in [0.3, 0.4) is 0 Å². The molecule has 4 heteroatoms. The van der Waals surface area contributed by atoms with E-state index in [-0.39, 0.29) is 17.8 Å². The molecule has 4 aliphatic rings. The molecule has 0 aromatic rings. The molecule has 0 saturated heterocycles. The third-order valence-electron chi connectivity index (χ3n) is 5.40. The lowest BCUT2D eigenvalue weighted by molar-refractivity contribution is -0.262. The van der Waals surface area contributed by atoms with Gasteiger partial charge in [0.15, 0.2) is 0 Å². The van der Waals surface area contributed by atoms with Gasteiger partial charge in [0, 0.05) is 19.3 Å². The van der Waals surface area contributed by atoms with Crippen LogP contribution >= 0.6 is 0 Å². The van der Waals surface area contributed by atoms with Crippen LogP contribution in [0, 0.1) is 11.8 Å². The van der Waals surface area contributed by atoms with E-state index in [0.29, 0.717) is 19.3 Å². The second-order valence-corrected chi connectivity index (χ2v) is 7.75.